The number of para-hydroxylation sites is 2. The Morgan fingerprint density at radius 3 is 2.57 bits per heavy atom. The summed E-state index contributed by atoms with van der Waals surface area (Å²) in [4.78, 5) is 10.7. The Morgan fingerprint density at radius 1 is 0.913 bits per heavy atom. The molecule has 0 aliphatic carbocycles. The first-order chi connectivity index (χ1) is 11.4. The second-order valence-electron chi connectivity index (χ2n) is 6.49. The van der Waals surface area contributed by atoms with Gasteiger partial charge in [-0.2, -0.15) is 0 Å². The van der Waals surface area contributed by atoms with Crippen LogP contribution >= 0.6 is 0 Å². The molecule has 3 heteroatoms. The molecule has 1 saturated heterocycles. The van der Waals surface area contributed by atoms with Crippen LogP contribution in [-0.2, 0) is 6.54 Å². The highest BCUT2D eigenvalue weighted by atomic mass is 15.1. The van der Waals surface area contributed by atoms with Gasteiger partial charge in [0.25, 0.3) is 0 Å². The third-order valence-corrected chi connectivity index (χ3v) is 4.69. The summed E-state index contributed by atoms with van der Waals surface area (Å²) in [6.45, 7) is 3.51. The van der Waals surface area contributed by atoms with Crippen molar-refractivity contribution < 1.29 is 0 Å². The molecule has 1 N–H and O–H groups in total. The molecule has 0 atom stereocenters. The molecule has 1 aliphatic heterocycles. The lowest BCUT2D eigenvalue weighted by Gasteiger charge is -2.19. The van der Waals surface area contributed by atoms with Gasteiger partial charge in [-0.05, 0) is 49.7 Å². The van der Waals surface area contributed by atoms with Gasteiger partial charge < -0.3 is 4.98 Å². The minimum atomic E-state index is 0.962. The number of nitrogens with zero attached hydrogens (tertiary/aromatic N) is 2. The van der Waals surface area contributed by atoms with Crippen molar-refractivity contribution in [3.63, 3.8) is 0 Å². The summed E-state index contributed by atoms with van der Waals surface area (Å²) >= 11 is 0. The summed E-state index contributed by atoms with van der Waals surface area (Å²) in [5.41, 5.74) is 4.68. The number of aromatic nitrogens is 2. The first-order valence-electron chi connectivity index (χ1n) is 8.65. The molecule has 0 spiro atoms. The van der Waals surface area contributed by atoms with Crippen molar-refractivity contribution in [1.82, 2.24) is 14.9 Å². The highest BCUT2D eigenvalue weighted by Gasteiger charge is 2.11. The fourth-order valence-electron chi connectivity index (χ4n) is 3.46. The number of fused-ring (bicyclic) bond motifs is 1. The van der Waals surface area contributed by atoms with Crippen LogP contribution in [0.2, 0.25) is 0 Å². The lowest BCUT2D eigenvalue weighted by Crippen LogP contribution is -2.23. The van der Waals surface area contributed by atoms with E-state index in [1.54, 1.807) is 0 Å². The predicted octanol–water partition coefficient (Wildman–Crippen LogP) is 4.61. The molecule has 4 rings (SSSR count). The first-order valence-corrected chi connectivity index (χ1v) is 8.65. The molecule has 1 fully saturated rings. The Bertz CT molecular complexity index is 749. The Kier molecular flexibility index (Phi) is 4.12. The molecule has 23 heavy (non-hydrogen) atoms. The zero-order valence-electron chi connectivity index (χ0n) is 13.5. The van der Waals surface area contributed by atoms with Gasteiger partial charge in [0.05, 0.1) is 11.0 Å². The summed E-state index contributed by atoms with van der Waals surface area (Å²) < 4.78 is 0. The van der Waals surface area contributed by atoms with Crippen LogP contribution in [0.15, 0.2) is 48.5 Å². The van der Waals surface area contributed by atoms with Crippen LogP contribution in [0.1, 0.15) is 31.2 Å². The second-order valence-corrected chi connectivity index (χ2v) is 6.49. The van der Waals surface area contributed by atoms with Crippen molar-refractivity contribution in [2.45, 2.75) is 32.2 Å². The maximum absolute atomic E-state index is 4.72. The molecular weight excluding hydrogens is 282 g/mol. The van der Waals surface area contributed by atoms with E-state index in [-0.39, 0.29) is 0 Å². The van der Waals surface area contributed by atoms with Crippen molar-refractivity contribution in [3.8, 4) is 11.4 Å². The Balaban J connectivity index is 1.57. The molecule has 118 valence electrons. The zero-order chi connectivity index (χ0) is 15.5. The minimum absolute atomic E-state index is 0.962. The summed E-state index contributed by atoms with van der Waals surface area (Å²) in [6.07, 6.45) is 5.44. The SMILES string of the molecule is c1cc(CN2CCCCCC2)cc(-c2nc3ccccc3[nH]2)c1. The molecule has 3 aromatic rings. The maximum atomic E-state index is 4.72. The highest BCUT2D eigenvalue weighted by molar-refractivity contribution is 5.79. The molecule has 0 bridgehead atoms. The highest BCUT2D eigenvalue weighted by Crippen LogP contribution is 2.22. The van der Waals surface area contributed by atoms with Crippen LogP contribution in [-0.4, -0.2) is 28.0 Å². The number of hydrogen-bond acceptors (Lipinski definition) is 2. The number of hydrogen-bond donors (Lipinski definition) is 1. The van der Waals surface area contributed by atoms with Crippen LogP contribution in [0.5, 0.6) is 0 Å². The number of nitrogens with one attached hydrogen (secondary N) is 1. The van der Waals surface area contributed by atoms with Crippen molar-refractivity contribution in [1.29, 1.82) is 0 Å². The lowest BCUT2D eigenvalue weighted by molar-refractivity contribution is 0.277. The lowest BCUT2D eigenvalue weighted by atomic mass is 10.1. The summed E-state index contributed by atoms with van der Waals surface area (Å²) in [7, 11) is 0. The number of likely N-dealkylation sites (tertiary alicyclic amines) is 1. The minimum Gasteiger partial charge on any atom is -0.338 e. The van der Waals surface area contributed by atoms with Crippen LogP contribution in [0, 0.1) is 0 Å². The first kappa shape index (κ1) is 14.5. The topological polar surface area (TPSA) is 31.9 Å². The third-order valence-electron chi connectivity index (χ3n) is 4.69. The van der Waals surface area contributed by atoms with E-state index in [1.165, 1.54) is 49.9 Å². The average Bonchev–Trinajstić information content (AvgIpc) is 2.86. The fraction of sp³-hybridized carbons (Fsp3) is 0.350. The molecule has 3 nitrogen and oxygen atoms in total. The van der Waals surface area contributed by atoms with E-state index in [0.29, 0.717) is 0 Å². The number of imidazole rings is 1. The predicted molar refractivity (Wildman–Crippen MR) is 95.3 cm³/mol. The van der Waals surface area contributed by atoms with Crippen LogP contribution in [0.3, 0.4) is 0 Å². The van der Waals surface area contributed by atoms with Crippen LogP contribution in [0.25, 0.3) is 22.4 Å². The Hall–Kier alpha value is -2.13. The molecule has 0 unspecified atom stereocenters. The van der Waals surface area contributed by atoms with Crippen molar-refractivity contribution in [2.24, 2.45) is 0 Å². The summed E-state index contributed by atoms with van der Waals surface area (Å²) in [5, 5.41) is 0. The van der Waals surface area contributed by atoms with Gasteiger partial charge in [-0.1, -0.05) is 43.2 Å². The quantitative estimate of drug-likeness (QED) is 0.766. The molecule has 0 amide bonds. The smallest absolute Gasteiger partial charge is 0.138 e. The molecule has 2 heterocycles. The molecular formula is C20H23N3. The van der Waals surface area contributed by atoms with Gasteiger partial charge in [0, 0.05) is 12.1 Å². The van der Waals surface area contributed by atoms with Crippen LogP contribution in [0.4, 0.5) is 0 Å². The third kappa shape index (κ3) is 3.30. The zero-order valence-corrected chi connectivity index (χ0v) is 13.5. The molecule has 2 aromatic carbocycles. The second kappa shape index (κ2) is 6.55. The van der Waals surface area contributed by atoms with E-state index < -0.39 is 0 Å². The number of rotatable bonds is 3. The van der Waals surface area contributed by atoms with Gasteiger partial charge in [0.2, 0.25) is 0 Å². The monoisotopic (exact) mass is 305 g/mol. The van der Waals surface area contributed by atoms with Gasteiger partial charge in [0.1, 0.15) is 5.82 Å². The fourth-order valence-corrected chi connectivity index (χ4v) is 3.46. The number of benzene rings is 2. The molecule has 0 saturated carbocycles. The van der Waals surface area contributed by atoms with Gasteiger partial charge in [0.15, 0.2) is 0 Å². The van der Waals surface area contributed by atoms with Crippen molar-refractivity contribution in [2.75, 3.05) is 13.1 Å². The van der Waals surface area contributed by atoms with Crippen LogP contribution < -0.4 is 0 Å². The van der Waals surface area contributed by atoms with E-state index in [1.807, 2.05) is 12.1 Å². The summed E-state index contributed by atoms with van der Waals surface area (Å²) in [6, 6.07) is 17.0. The number of H-pyrrole nitrogens is 1. The van der Waals surface area contributed by atoms with E-state index in [4.69, 9.17) is 4.98 Å². The van der Waals surface area contributed by atoms with E-state index in [9.17, 15) is 0 Å². The van der Waals surface area contributed by atoms with E-state index >= 15 is 0 Å². The maximum Gasteiger partial charge on any atom is 0.138 e. The largest absolute Gasteiger partial charge is 0.338 e. The molecule has 1 aliphatic rings. The molecule has 0 radical (unpaired) electrons. The number of aromatic amines is 1. The van der Waals surface area contributed by atoms with Crippen molar-refractivity contribution >= 4 is 11.0 Å². The Labute approximate surface area is 137 Å². The van der Waals surface area contributed by atoms with Gasteiger partial charge in [-0.3, -0.25) is 4.90 Å². The Morgan fingerprint density at radius 2 is 1.74 bits per heavy atom. The van der Waals surface area contributed by atoms with Gasteiger partial charge in [-0.15, -0.1) is 0 Å². The average molecular weight is 305 g/mol. The van der Waals surface area contributed by atoms with Crippen molar-refractivity contribution in [3.05, 3.63) is 54.1 Å². The van der Waals surface area contributed by atoms with Gasteiger partial charge >= 0.3 is 0 Å². The molecule has 1 aromatic heterocycles. The van der Waals surface area contributed by atoms with Gasteiger partial charge in [-0.25, -0.2) is 4.98 Å². The van der Waals surface area contributed by atoms with E-state index in [2.05, 4.69) is 46.3 Å². The van der Waals surface area contributed by atoms with E-state index in [0.717, 1.165) is 23.4 Å². The summed E-state index contributed by atoms with van der Waals surface area (Å²) in [5.74, 6) is 0.962. The normalized spacial score (nSPS) is 16.5. The standard InChI is InChI=1S/C20H23N3/c1-2-6-13-23(12-5-1)15-16-8-7-9-17(14-16)20-21-18-10-3-4-11-19(18)22-20/h3-4,7-11,14H,1-2,5-6,12-13,15H2,(H,21,22).